The molecule has 2 fully saturated rings. The summed E-state index contributed by atoms with van der Waals surface area (Å²) in [7, 11) is 0. The van der Waals surface area contributed by atoms with Crippen LogP contribution in [-0.4, -0.2) is 89.5 Å². The molecule has 148 valence electrons. The fraction of sp³-hybridized carbons (Fsp3) is 0.933. The second kappa shape index (κ2) is 9.84. The van der Waals surface area contributed by atoms with Gasteiger partial charge in [-0.25, -0.2) is 0 Å². The van der Waals surface area contributed by atoms with E-state index in [1.807, 2.05) is 11.8 Å². The summed E-state index contributed by atoms with van der Waals surface area (Å²) in [4.78, 5) is 7.98. The Hall–Kier alpha value is 0.0600. The Balaban J connectivity index is 0.00000312. The first kappa shape index (κ1) is 23.1. The van der Waals surface area contributed by atoms with Gasteiger partial charge in [-0.1, -0.05) is 0 Å². The zero-order chi connectivity index (χ0) is 17.8. The Morgan fingerprint density at radius 3 is 2.44 bits per heavy atom. The van der Waals surface area contributed by atoms with Gasteiger partial charge >= 0.3 is 6.18 Å². The molecule has 0 aromatic carbocycles. The summed E-state index contributed by atoms with van der Waals surface area (Å²) >= 11 is 1.72. The Morgan fingerprint density at radius 1 is 1.32 bits per heavy atom. The number of nitrogens with one attached hydrogen (secondary N) is 1. The highest BCUT2D eigenvalue weighted by atomic mass is 127. The van der Waals surface area contributed by atoms with E-state index >= 15 is 0 Å². The van der Waals surface area contributed by atoms with E-state index in [4.69, 9.17) is 0 Å². The van der Waals surface area contributed by atoms with Crippen molar-refractivity contribution >= 4 is 41.7 Å². The number of thioether (sulfide) groups is 1. The molecule has 0 aromatic heterocycles. The van der Waals surface area contributed by atoms with Crippen LogP contribution in [0.5, 0.6) is 0 Å². The summed E-state index contributed by atoms with van der Waals surface area (Å²) in [5, 5.41) is 13.6. The predicted octanol–water partition coefficient (Wildman–Crippen LogP) is 2.01. The zero-order valence-electron chi connectivity index (χ0n) is 14.7. The SMILES string of the molecule is CCNC(=NCC1(O)CCSC1)N1CCN(C(C)C(F)(F)F)CC1.I. The molecule has 2 saturated heterocycles. The van der Waals surface area contributed by atoms with Gasteiger partial charge in [-0.05, 0) is 26.0 Å². The van der Waals surface area contributed by atoms with Gasteiger partial charge in [-0.3, -0.25) is 9.89 Å². The number of piperazine rings is 1. The van der Waals surface area contributed by atoms with Gasteiger partial charge in [-0.15, -0.1) is 24.0 Å². The van der Waals surface area contributed by atoms with Crippen molar-refractivity contribution < 1.29 is 18.3 Å². The third kappa shape index (κ3) is 6.62. The van der Waals surface area contributed by atoms with Gasteiger partial charge in [0.15, 0.2) is 5.96 Å². The topological polar surface area (TPSA) is 51.1 Å². The average Bonchev–Trinajstić information content (AvgIpc) is 2.97. The lowest BCUT2D eigenvalue weighted by Crippen LogP contribution is -2.57. The van der Waals surface area contributed by atoms with Crippen molar-refractivity contribution in [3.05, 3.63) is 0 Å². The molecule has 0 aliphatic carbocycles. The summed E-state index contributed by atoms with van der Waals surface area (Å²) in [6.45, 7) is 5.89. The normalized spacial score (nSPS) is 27.1. The van der Waals surface area contributed by atoms with Gasteiger partial charge in [0.25, 0.3) is 0 Å². The quantitative estimate of drug-likeness (QED) is 0.355. The zero-order valence-corrected chi connectivity index (χ0v) is 17.8. The number of rotatable bonds is 4. The molecule has 2 atom stereocenters. The molecule has 5 nitrogen and oxygen atoms in total. The van der Waals surface area contributed by atoms with Crippen LogP contribution in [0.25, 0.3) is 0 Å². The van der Waals surface area contributed by atoms with E-state index in [9.17, 15) is 18.3 Å². The first-order valence-electron chi connectivity index (χ1n) is 8.39. The maximum atomic E-state index is 12.8. The monoisotopic (exact) mass is 496 g/mol. The summed E-state index contributed by atoms with van der Waals surface area (Å²) in [6, 6.07) is -1.42. The molecule has 2 rings (SSSR count). The van der Waals surface area contributed by atoms with Crippen molar-refractivity contribution in [1.29, 1.82) is 0 Å². The van der Waals surface area contributed by atoms with Crippen LogP contribution < -0.4 is 5.32 Å². The summed E-state index contributed by atoms with van der Waals surface area (Å²) in [5.74, 6) is 2.31. The summed E-state index contributed by atoms with van der Waals surface area (Å²) in [6.07, 6.45) is -3.46. The Kier molecular flexibility index (Phi) is 9.09. The van der Waals surface area contributed by atoms with Crippen LogP contribution in [-0.2, 0) is 0 Å². The number of hydrogen-bond donors (Lipinski definition) is 2. The Morgan fingerprint density at radius 2 is 1.96 bits per heavy atom. The van der Waals surface area contributed by atoms with Gasteiger partial charge in [0.1, 0.15) is 6.04 Å². The van der Waals surface area contributed by atoms with Gasteiger partial charge in [0.05, 0.1) is 12.1 Å². The third-order valence-electron chi connectivity index (χ3n) is 4.58. The molecule has 10 heteroatoms. The van der Waals surface area contributed by atoms with Gasteiger partial charge in [0, 0.05) is 38.5 Å². The van der Waals surface area contributed by atoms with Crippen molar-refractivity contribution in [2.75, 3.05) is 50.8 Å². The molecular formula is C15H28F3IN4OS. The molecule has 2 aliphatic heterocycles. The van der Waals surface area contributed by atoms with Crippen molar-refractivity contribution in [1.82, 2.24) is 15.1 Å². The number of alkyl halides is 3. The molecule has 2 aliphatic rings. The molecule has 0 bridgehead atoms. The molecule has 0 amide bonds. The molecule has 0 spiro atoms. The van der Waals surface area contributed by atoms with Crippen molar-refractivity contribution in [3.63, 3.8) is 0 Å². The average molecular weight is 496 g/mol. The number of aliphatic hydroxyl groups is 1. The van der Waals surface area contributed by atoms with Crippen LogP contribution in [0.1, 0.15) is 20.3 Å². The maximum Gasteiger partial charge on any atom is 0.403 e. The minimum atomic E-state index is -4.19. The number of hydrogen-bond acceptors (Lipinski definition) is 4. The first-order chi connectivity index (χ1) is 11.2. The van der Waals surface area contributed by atoms with Gasteiger partial charge < -0.3 is 15.3 Å². The lowest BCUT2D eigenvalue weighted by Gasteiger charge is -2.39. The number of guanidine groups is 1. The molecule has 2 N–H and O–H groups in total. The number of aliphatic imine (C=N–C) groups is 1. The van der Waals surface area contributed by atoms with Crippen LogP contribution in [0.3, 0.4) is 0 Å². The molecule has 0 radical (unpaired) electrons. The van der Waals surface area contributed by atoms with E-state index in [0.717, 1.165) is 12.2 Å². The van der Waals surface area contributed by atoms with Gasteiger partial charge in [0.2, 0.25) is 0 Å². The molecular weight excluding hydrogens is 468 g/mol. The standard InChI is InChI=1S/C15H27F3N4OS.HI/c1-3-19-13(20-10-14(23)4-9-24-11-14)22-7-5-21(6-8-22)12(2)15(16,17)18;/h12,23H,3-11H2,1-2H3,(H,19,20);1H. The number of halogens is 4. The van der Waals surface area contributed by atoms with Crippen LogP contribution in [0.4, 0.5) is 13.2 Å². The van der Waals surface area contributed by atoms with E-state index in [0.29, 0.717) is 51.0 Å². The second-order valence-electron chi connectivity index (χ2n) is 6.44. The Bertz CT molecular complexity index is 439. The summed E-state index contributed by atoms with van der Waals surface area (Å²) < 4.78 is 38.5. The molecule has 0 aromatic rings. The minimum absolute atomic E-state index is 0. The minimum Gasteiger partial charge on any atom is -0.387 e. The molecule has 2 heterocycles. The fourth-order valence-corrected chi connectivity index (χ4v) is 4.18. The highest BCUT2D eigenvalue weighted by Gasteiger charge is 2.41. The van der Waals surface area contributed by atoms with E-state index < -0.39 is 17.8 Å². The summed E-state index contributed by atoms with van der Waals surface area (Å²) in [5.41, 5.74) is -0.752. The molecule has 0 saturated carbocycles. The van der Waals surface area contributed by atoms with Crippen LogP contribution in [0.15, 0.2) is 4.99 Å². The smallest absolute Gasteiger partial charge is 0.387 e. The van der Waals surface area contributed by atoms with E-state index in [-0.39, 0.29) is 24.0 Å². The largest absolute Gasteiger partial charge is 0.403 e. The van der Waals surface area contributed by atoms with Crippen molar-refractivity contribution in [3.8, 4) is 0 Å². The van der Waals surface area contributed by atoms with E-state index in [1.54, 1.807) is 11.8 Å². The fourth-order valence-electron chi connectivity index (χ4n) is 2.90. The highest BCUT2D eigenvalue weighted by molar-refractivity contribution is 14.0. The van der Waals surface area contributed by atoms with Crippen LogP contribution >= 0.6 is 35.7 Å². The lowest BCUT2D eigenvalue weighted by molar-refractivity contribution is -0.181. The van der Waals surface area contributed by atoms with Crippen LogP contribution in [0, 0.1) is 0 Å². The lowest BCUT2D eigenvalue weighted by atomic mass is 10.0. The number of nitrogens with zero attached hydrogens (tertiary/aromatic N) is 3. The second-order valence-corrected chi connectivity index (χ2v) is 7.54. The maximum absolute atomic E-state index is 12.8. The first-order valence-corrected chi connectivity index (χ1v) is 9.55. The van der Waals surface area contributed by atoms with E-state index in [1.165, 1.54) is 11.8 Å². The molecule has 25 heavy (non-hydrogen) atoms. The third-order valence-corrected chi connectivity index (χ3v) is 5.81. The van der Waals surface area contributed by atoms with Gasteiger partial charge in [-0.2, -0.15) is 24.9 Å². The van der Waals surface area contributed by atoms with Crippen molar-refractivity contribution in [2.24, 2.45) is 4.99 Å². The van der Waals surface area contributed by atoms with E-state index in [2.05, 4.69) is 10.3 Å². The Labute approximate surface area is 168 Å². The highest BCUT2D eigenvalue weighted by Crippen LogP contribution is 2.28. The molecule has 2 unspecified atom stereocenters. The van der Waals surface area contributed by atoms with Crippen molar-refractivity contribution in [2.45, 2.75) is 38.1 Å². The predicted molar refractivity (Wildman–Crippen MR) is 107 cm³/mol. The van der Waals surface area contributed by atoms with Crippen LogP contribution in [0.2, 0.25) is 0 Å².